The number of rotatable bonds is 5. The van der Waals surface area contributed by atoms with Gasteiger partial charge in [0.25, 0.3) is 0 Å². The lowest BCUT2D eigenvalue weighted by atomic mass is 10.1. The lowest BCUT2D eigenvalue weighted by Crippen LogP contribution is -2.57. The zero-order chi connectivity index (χ0) is 15.2. The number of aryl methyl sites for hydroxylation is 1. The van der Waals surface area contributed by atoms with E-state index in [0.717, 1.165) is 11.3 Å². The van der Waals surface area contributed by atoms with Gasteiger partial charge < -0.3 is 15.0 Å². The molecule has 0 aliphatic carbocycles. The Morgan fingerprint density at radius 1 is 1.48 bits per heavy atom. The monoisotopic (exact) mass is 290 g/mol. The van der Waals surface area contributed by atoms with Gasteiger partial charge >= 0.3 is 0 Å². The fourth-order valence-corrected chi connectivity index (χ4v) is 2.52. The minimum Gasteiger partial charge on any atom is -0.493 e. The number of benzene rings is 1. The average molecular weight is 290 g/mol. The minimum atomic E-state index is -0.342. The van der Waals surface area contributed by atoms with E-state index in [0.29, 0.717) is 26.1 Å². The van der Waals surface area contributed by atoms with Crippen LogP contribution in [0, 0.1) is 6.92 Å². The number of hydrogen-bond acceptors (Lipinski definition) is 3. The summed E-state index contributed by atoms with van der Waals surface area (Å²) in [5, 5.41) is 2.79. The molecule has 0 saturated carbocycles. The number of carbonyl (C=O) groups is 2. The van der Waals surface area contributed by atoms with Crippen LogP contribution in [0.5, 0.6) is 5.75 Å². The molecule has 0 radical (unpaired) electrons. The fourth-order valence-electron chi connectivity index (χ4n) is 2.52. The van der Waals surface area contributed by atoms with Gasteiger partial charge in [0.1, 0.15) is 11.8 Å². The second-order valence-corrected chi connectivity index (χ2v) is 5.22. The molecule has 1 aromatic rings. The molecule has 1 aliphatic rings. The largest absolute Gasteiger partial charge is 0.493 e. The SMILES string of the molecule is CCC1C(=O)NCCN1C(=O)CCOc1cccc(C)c1. The molecule has 1 heterocycles. The maximum atomic E-state index is 12.2. The quantitative estimate of drug-likeness (QED) is 0.894. The smallest absolute Gasteiger partial charge is 0.242 e. The van der Waals surface area contributed by atoms with Crippen molar-refractivity contribution in [2.24, 2.45) is 0 Å². The van der Waals surface area contributed by atoms with Crippen LogP contribution >= 0.6 is 0 Å². The first kappa shape index (κ1) is 15.4. The highest BCUT2D eigenvalue weighted by Crippen LogP contribution is 2.14. The van der Waals surface area contributed by atoms with Gasteiger partial charge in [-0.15, -0.1) is 0 Å². The lowest BCUT2D eigenvalue weighted by molar-refractivity contribution is -0.143. The first-order chi connectivity index (χ1) is 10.1. The number of carbonyl (C=O) groups excluding carboxylic acids is 2. The van der Waals surface area contributed by atoms with Crippen LogP contribution in [0.2, 0.25) is 0 Å². The van der Waals surface area contributed by atoms with Crippen molar-refractivity contribution in [2.75, 3.05) is 19.7 Å². The van der Waals surface area contributed by atoms with Gasteiger partial charge in [0, 0.05) is 13.1 Å². The van der Waals surface area contributed by atoms with E-state index in [1.54, 1.807) is 4.90 Å². The molecule has 0 spiro atoms. The molecular weight excluding hydrogens is 268 g/mol. The third-order valence-corrected chi connectivity index (χ3v) is 3.61. The molecule has 0 aromatic heterocycles. The molecule has 1 unspecified atom stereocenters. The molecule has 2 rings (SSSR count). The summed E-state index contributed by atoms with van der Waals surface area (Å²) in [6.45, 7) is 5.35. The number of piperazine rings is 1. The lowest BCUT2D eigenvalue weighted by Gasteiger charge is -2.34. The predicted octanol–water partition coefficient (Wildman–Crippen LogP) is 1.50. The van der Waals surface area contributed by atoms with Crippen LogP contribution in [0.4, 0.5) is 0 Å². The van der Waals surface area contributed by atoms with Gasteiger partial charge in [0.15, 0.2) is 0 Å². The number of amides is 2. The molecule has 21 heavy (non-hydrogen) atoms. The van der Waals surface area contributed by atoms with Gasteiger partial charge in [0.2, 0.25) is 11.8 Å². The summed E-state index contributed by atoms with van der Waals surface area (Å²) in [7, 11) is 0. The van der Waals surface area contributed by atoms with E-state index in [1.165, 1.54) is 0 Å². The molecule has 1 fully saturated rings. The standard InChI is InChI=1S/C16H22N2O3/c1-3-14-16(20)17-8-9-18(14)15(19)7-10-21-13-6-4-5-12(2)11-13/h4-6,11,14H,3,7-10H2,1-2H3,(H,17,20). The Morgan fingerprint density at radius 3 is 3.00 bits per heavy atom. The number of nitrogens with one attached hydrogen (secondary N) is 1. The summed E-state index contributed by atoms with van der Waals surface area (Å²) in [4.78, 5) is 25.6. The summed E-state index contributed by atoms with van der Waals surface area (Å²) < 4.78 is 5.60. The van der Waals surface area contributed by atoms with E-state index >= 15 is 0 Å². The number of nitrogens with zero attached hydrogens (tertiary/aromatic N) is 1. The fraction of sp³-hybridized carbons (Fsp3) is 0.500. The van der Waals surface area contributed by atoms with Gasteiger partial charge in [-0.05, 0) is 31.0 Å². The minimum absolute atomic E-state index is 0.0237. The molecule has 1 saturated heterocycles. The van der Waals surface area contributed by atoms with Crippen LogP contribution in [0.15, 0.2) is 24.3 Å². The van der Waals surface area contributed by atoms with E-state index in [4.69, 9.17) is 4.74 Å². The van der Waals surface area contributed by atoms with Crippen molar-refractivity contribution in [3.05, 3.63) is 29.8 Å². The molecule has 2 amide bonds. The van der Waals surface area contributed by atoms with E-state index in [-0.39, 0.29) is 24.3 Å². The Bertz CT molecular complexity index is 516. The van der Waals surface area contributed by atoms with E-state index < -0.39 is 0 Å². The van der Waals surface area contributed by atoms with Gasteiger partial charge in [-0.1, -0.05) is 19.1 Å². The van der Waals surface area contributed by atoms with Crippen molar-refractivity contribution >= 4 is 11.8 Å². The predicted molar refractivity (Wildman–Crippen MR) is 80.1 cm³/mol. The molecule has 5 heteroatoms. The Kier molecular flexibility index (Phi) is 5.20. The molecule has 1 aliphatic heterocycles. The van der Waals surface area contributed by atoms with Crippen molar-refractivity contribution < 1.29 is 14.3 Å². The average Bonchev–Trinajstić information content (AvgIpc) is 2.47. The second-order valence-electron chi connectivity index (χ2n) is 5.22. The zero-order valence-corrected chi connectivity index (χ0v) is 12.6. The highest BCUT2D eigenvalue weighted by atomic mass is 16.5. The summed E-state index contributed by atoms with van der Waals surface area (Å²) in [6.07, 6.45) is 0.925. The maximum absolute atomic E-state index is 12.2. The highest BCUT2D eigenvalue weighted by molar-refractivity contribution is 5.88. The normalized spacial score (nSPS) is 18.3. The number of ether oxygens (including phenoxy) is 1. The van der Waals surface area contributed by atoms with Gasteiger partial charge in [-0.25, -0.2) is 0 Å². The van der Waals surface area contributed by atoms with Crippen LogP contribution < -0.4 is 10.1 Å². The Hall–Kier alpha value is -2.04. The van der Waals surface area contributed by atoms with Crippen LogP contribution in [-0.4, -0.2) is 42.5 Å². The molecule has 1 atom stereocenters. The molecule has 0 bridgehead atoms. The van der Waals surface area contributed by atoms with Gasteiger partial charge in [-0.3, -0.25) is 9.59 Å². The van der Waals surface area contributed by atoms with Crippen molar-refractivity contribution in [1.82, 2.24) is 10.2 Å². The van der Waals surface area contributed by atoms with Crippen LogP contribution in [0.25, 0.3) is 0 Å². The first-order valence-electron chi connectivity index (χ1n) is 7.38. The Balaban J connectivity index is 1.85. The Morgan fingerprint density at radius 2 is 2.29 bits per heavy atom. The summed E-state index contributed by atoms with van der Waals surface area (Å²) in [6, 6.07) is 7.39. The molecule has 5 nitrogen and oxygen atoms in total. The van der Waals surface area contributed by atoms with Crippen molar-refractivity contribution in [1.29, 1.82) is 0 Å². The van der Waals surface area contributed by atoms with E-state index in [2.05, 4.69) is 5.32 Å². The maximum Gasteiger partial charge on any atom is 0.242 e. The zero-order valence-electron chi connectivity index (χ0n) is 12.6. The first-order valence-corrected chi connectivity index (χ1v) is 7.38. The van der Waals surface area contributed by atoms with Gasteiger partial charge in [0.05, 0.1) is 13.0 Å². The van der Waals surface area contributed by atoms with Crippen LogP contribution in [0.1, 0.15) is 25.3 Å². The van der Waals surface area contributed by atoms with Gasteiger partial charge in [-0.2, -0.15) is 0 Å². The topological polar surface area (TPSA) is 58.6 Å². The van der Waals surface area contributed by atoms with Crippen LogP contribution in [-0.2, 0) is 9.59 Å². The molecule has 1 aromatic carbocycles. The number of hydrogen-bond donors (Lipinski definition) is 1. The van der Waals surface area contributed by atoms with E-state index in [9.17, 15) is 9.59 Å². The third kappa shape index (κ3) is 3.97. The van der Waals surface area contributed by atoms with Crippen molar-refractivity contribution in [3.63, 3.8) is 0 Å². The summed E-state index contributed by atoms with van der Waals surface area (Å²) in [5.41, 5.74) is 1.12. The van der Waals surface area contributed by atoms with E-state index in [1.807, 2.05) is 38.1 Å². The highest BCUT2D eigenvalue weighted by Gasteiger charge is 2.31. The van der Waals surface area contributed by atoms with Crippen molar-refractivity contribution in [3.8, 4) is 5.75 Å². The third-order valence-electron chi connectivity index (χ3n) is 3.61. The summed E-state index contributed by atoms with van der Waals surface area (Å²) in [5.74, 6) is 0.687. The Labute approximate surface area is 125 Å². The van der Waals surface area contributed by atoms with Crippen molar-refractivity contribution in [2.45, 2.75) is 32.7 Å². The summed E-state index contributed by atoms with van der Waals surface area (Å²) >= 11 is 0. The molecule has 114 valence electrons. The second kappa shape index (κ2) is 7.11. The molecule has 1 N–H and O–H groups in total. The van der Waals surface area contributed by atoms with Crippen LogP contribution in [0.3, 0.4) is 0 Å². The molecular formula is C16H22N2O3.